The third-order valence-corrected chi connectivity index (χ3v) is 4.43. The lowest BCUT2D eigenvalue weighted by atomic mass is 10.0. The van der Waals surface area contributed by atoms with Crippen LogP contribution in [0.5, 0.6) is 0 Å². The molecule has 0 atom stereocenters. The van der Waals surface area contributed by atoms with Crippen LogP contribution in [0.4, 0.5) is 5.69 Å². The maximum atomic E-state index is 5.98. The van der Waals surface area contributed by atoms with Gasteiger partial charge in [-0.25, -0.2) is 9.98 Å². The normalized spacial score (nSPS) is 11.4. The third-order valence-electron chi connectivity index (χ3n) is 3.52. The van der Waals surface area contributed by atoms with Gasteiger partial charge in [-0.1, -0.05) is 26.0 Å². The molecule has 3 N–H and O–H groups in total. The summed E-state index contributed by atoms with van der Waals surface area (Å²) in [6.07, 6.45) is 1.64. The first-order chi connectivity index (χ1) is 11.6. The summed E-state index contributed by atoms with van der Waals surface area (Å²) in [5, 5.41) is 5.94. The van der Waals surface area contributed by atoms with Crippen LogP contribution in [-0.4, -0.2) is 10.9 Å². The number of nitrogens with two attached hydrogens (primary N) is 1. The molecule has 0 fully saturated rings. The van der Waals surface area contributed by atoms with Crippen LogP contribution in [0.15, 0.2) is 57.5 Å². The summed E-state index contributed by atoms with van der Waals surface area (Å²) in [4.78, 5) is 8.86. The average Bonchev–Trinajstić information content (AvgIpc) is 3.24. The van der Waals surface area contributed by atoms with Crippen molar-refractivity contribution in [1.82, 2.24) is 4.98 Å². The zero-order valence-corrected chi connectivity index (χ0v) is 17.2. The molecule has 0 aliphatic carbocycles. The molecule has 0 unspecified atom stereocenters. The van der Waals surface area contributed by atoms with Crippen molar-refractivity contribution in [3.05, 3.63) is 59.3 Å². The van der Waals surface area contributed by atoms with Gasteiger partial charge in [-0.05, 0) is 35.7 Å². The number of furan rings is 1. The summed E-state index contributed by atoms with van der Waals surface area (Å²) in [5.74, 6) is 1.62. The lowest BCUT2D eigenvalue weighted by Crippen LogP contribution is -2.22. The predicted octanol–water partition coefficient (Wildman–Crippen LogP) is 5.07. The Kier molecular flexibility index (Phi) is 7.01. The zero-order valence-electron chi connectivity index (χ0n) is 14.1. The largest absolute Gasteiger partial charge is 0.462 e. The Balaban J connectivity index is 0.00000225. The second kappa shape index (κ2) is 9.00. The van der Waals surface area contributed by atoms with Crippen LogP contribution in [0.3, 0.4) is 0 Å². The van der Waals surface area contributed by atoms with Crippen LogP contribution >= 0.6 is 35.3 Å². The molecule has 0 spiro atoms. The fraction of sp³-hybridized carbons (Fsp3) is 0.222. The maximum Gasteiger partial charge on any atom is 0.193 e. The summed E-state index contributed by atoms with van der Waals surface area (Å²) >= 11 is 1.53. The summed E-state index contributed by atoms with van der Waals surface area (Å²) in [5.41, 5.74) is 9.05. The maximum absolute atomic E-state index is 5.98. The number of nitrogens with zero attached hydrogens (tertiary/aromatic N) is 2. The molecule has 0 radical (unpaired) electrons. The van der Waals surface area contributed by atoms with E-state index in [4.69, 9.17) is 10.2 Å². The van der Waals surface area contributed by atoms with Crippen LogP contribution in [0.25, 0.3) is 10.8 Å². The van der Waals surface area contributed by atoms with E-state index in [2.05, 4.69) is 41.3 Å². The van der Waals surface area contributed by atoms with Gasteiger partial charge in [0.05, 0.1) is 18.5 Å². The SMILES string of the molecule is CC(C)c1cccc(NC(N)=NCc2csc(-c3ccco3)n2)c1.I. The number of benzene rings is 1. The molecule has 1 aromatic carbocycles. The number of halogens is 1. The summed E-state index contributed by atoms with van der Waals surface area (Å²) in [6.45, 7) is 4.75. The van der Waals surface area contributed by atoms with Gasteiger partial charge in [0.1, 0.15) is 0 Å². The number of hydrogen-bond acceptors (Lipinski definition) is 4. The van der Waals surface area contributed by atoms with Gasteiger partial charge in [0.25, 0.3) is 0 Å². The first-order valence-corrected chi connectivity index (χ1v) is 8.65. The van der Waals surface area contributed by atoms with Crippen molar-refractivity contribution >= 4 is 47.0 Å². The Labute approximate surface area is 168 Å². The van der Waals surface area contributed by atoms with Crippen molar-refractivity contribution < 1.29 is 4.42 Å². The van der Waals surface area contributed by atoms with E-state index in [1.165, 1.54) is 16.9 Å². The van der Waals surface area contributed by atoms with E-state index in [1.54, 1.807) is 6.26 Å². The first kappa shape index (κ1) is 19.5. The van der Waals surface area contributed by atoms with Gasteiger partial charge >= 0.3 is 0 Å². The Morgan fingerprint density at radius 2 is 2.16 bits per heavy atom. The topological polar surface area (TPSA) is 76.4 Å². The molecular formula is C18H21IN4OS. The van der Waals surface area contributed by atoms with E-state index in [0.717, 1.165) is 22.1 Å². The predicted molar refractivity (Wildman–Crippen MR) is 115 cm³/mol. The van der Waals surface area contributed by atoms with E-state index in [-0.39, 0.29) is 24.0 Å². The highest BCUT2D eigenvalue weighted by atomic mass is 127. The molecule has 2 aromatic heterocycles. The van der Waals surface area contributed by atoms with Crippen LogP contribution in [-0.2, 0) is 6.54 Å². The highest BCUT2D eigenvalue weighted by Gasteiger charge is 2.07. The number of nitrogens with one attached hydrogen (secondary N) is 1. The third kappa shape index (κ3) is 5.30. The van der Waals surface area contributed by atoms with E-state index in [1.807, 2.05) is 29.6 Å². The molecule has 5 nitrogen and oxygen atoms in total. The van der Waals surface area contributed by atoms with Crippen molar-refractivity contribution in [2.45, 2.75) is 26.3 Å². The Hall–Kier alpha value is -1.87. The second-order valence-corrected chi connectivity index (χ2v) is 6.59. The van der Waals surface area contributed by atoms with Crippen molar-refractivity contribution in [3.63, 3.8) is 0 Å². The molecule has 0 amide bonds. The van der Waals surface area contributed by atoms with E-state index < -0.39 is 0 Å². The molecule has 0 bridgehead atoms. The Morgan fingerprint density at radius 1 is 1.32 bits per heavy atom. The minimum atomic E-state index is 0. The minimum Gasteiger partial charge on any atom is -0.462 e. The highest BCUT2D eigenvalue weighted by Crippen LogP contribution is 2.24. The molecule has 132 valence electrons. The second-order valence-electron chi connectivity index (χ2n) is 5.73. The van der Waals surface area contributed by atoms with Crippen LogP contribution in [0, 0.1) is 0 Å². The lowest BCUT2D eigenvalue weighted by Gasteiger charge is -2.09. The van der Waals surface area contributed by atoms with Crippen LogP contribution < -0.4 is 11.1 Å². The number of rotatable bonds is 5. The van der Waals surface area contributed by atoms with Gasteiger partial charge in [0, 0.05) is 11.1 Å². The molecule has 0 aliphatic heterocycles. The van der Waals surface area contributed by atoms with E-state index in [9.17, 15) is 0 Å². The standard InChI is InChI=1S/C18H20N4OS.HI/c1-12(2)13-5-3-6-14(9-13)22-18(19)20-10-15-11-24-17(21-15)16-7-4-8-23-16;/h3-9,11-12H,10H2,1-2H3,(H3,19,20,22);1H. The quantitative estimate of drug-likeness (QED) is 0.312. The molecule has 7 heteroatoms. The number of hydrogen-bond donors (Lipinski definition) is 2. The van der Waals surface area contributed by atoms with Gasteiger partial charge in [-0.15, -0.1) is 35.3 Å². The molecule has 2 heterocycles. The van der Waals surface area contributed by atoms with Crippen molar-refractivity contribution in [2.24, 2.45) is 10.7 Å². The van der Waals surface area contributed by atoms with E-state index >= 15 is 0 Å². The summed E-state index contributed by atoms with van der Waals surface area (Å²) < 4.78 is 5.34. The fourth-order valence-corrected chi connectivity index (χ4v) is 3.00. The van der Waals surface area contributed by atoms with Crippen molar-refractivity contribution in [2.75, 3.05) is 5.32 Å². The smallest absolute Gasteiger partial charge is 0.193 e. The summed E-state index contributed by atoms with van der Waals surface area (Å²) in [6, 6.07) is 11.9. The zero-order chi connectivity index (χ0) is 16.9. The highest BCUT2D eigenvalue weighted by molar-refractivity contribution is 14.0. The average molecular weight is 468 g/mol. The van der Waals surface area contributed by atoms with Gasteiger partial charge in [-0.2, -0.15) is 0 Å². The molecule has 0 saturated carbocycles. The molecule has 25 heavy (non-hydrogen) atoms. The Bertz CT molecular complexity index is 827. The Morgan fingerprint density at radius 3 is 2.88 bits per heavy atom. The van der Waals surface area contributed by atoms with Crippen LogP contribution in [0.1, 0.15) is 31.0 Å². The monoisotopic (exact) mass is 468 g/mol. The molecule has 0 saturated heterocycles. The van der Waals surface area contributed by atoms with Gasteiger partial charge in [-0.3, -0.25) is 0 Å². The number of aromatic nitrogens is 1. The number of thiazole rings is 1. The molecular weight excluding hydrogens is 447 g/mol. The lowest BCUT2D eigenvalue weighted by molar-refractivity contribution is 0.581. The molecule has 3 aromatic rings. The van der Waals surface area contributed by atoms with Crippen molar-refractivity contribution in [1.29, 1.82) is 0 Å². The molecule has 0 aliphatic rings. The van der Waals surface area contributed by atoms with E-state index in [0.29, 0.717) is 18.4 Å². The van der Waals surface area contributed by atoms with Gasteiger partial charge in [0.15, 0.2) is 16.7 Å². The fourth-order valence-electron chi connectivity index (χ4n) is 2.22. The number of anilines is 1. The van der Waals surface area contributed by atoms with Crippen LogP contribution in [0.2, 0.25) is 0 Å². The summed E-state index contributed by atoms with van der Waals surface area (Å²) in [7, 11) is 0. The minimum absolute atomic E-state index is 0. The van der Waals surface area contributed by atoms with Crippen molar-refractivity contribution in [3.8, 4) is 10.8 Å². The molecule has 3 rings (SSSR count). The van der Waals surface area contributed by atoms with Gasteiger partial charge < -0.3 is 15.5 Å². The number of guanidine groups is 1. The number of aliphatic imine (C=N–C) groups is 1. The first-order valence-electron chi connectivity index (χ1n) is 7.77. The van der Waals surface area contributed by atoms with Gasteiger partial charge in [0.2, 0.25) is 0 Å².